The Bertz CT molecular complexity index is 276. The highest BCUT2D eigenvalue weighted by molar-refractivity contribution is 5.85. The van der Waals surface area contributed by atoms with Gasteiger partial charge in [-0.25, -0.2) is 0 Å². The molecule has 0 saturated carbocycles. The lowest BCUT2D eigenvalue weighted by molar-refractivity contribution is 0.384. The van der Waals surface area contributed by atoms with E-state index in [0.717, 1.165) is 18.8 Å². The molecule has 3 nitrogen and oxygen atoms in total. The fourth-order valence-electron chi connectivity index (χ4n) is 1.39. The number of halogens is 1. The number of hydrogen-bond acceptors (Lipinski definition) is 3. The number of rotatable bonds is 2. The smallest absolute Gasteiger partial charge is 0.125 e. The molecule has 0 spiro atoms. The lowest BCUT2D eigenvalue weighted by Crippen LogP contribution is -2.40. The summed E-state index contributed by atoms with van der Waals surface area (Å²) in [5, 5.41) is 3.23. The molecule has 0 bridgehead atoms. The maximum atomic E-state index is 5.23. The summed E-state index contributed by atoms with van der Waals surface area (Å²) < 4.78 is 5.23. The number of nitrogens with zero attached hydrogens (tertiary/aromatic N) is 1. The van der Waals surface area contributed by atoms with Crippen LogP contribution in [0.4, 0.5) is 0 Å². The van der Waals surface area contributed by atoms with Crippen LogP contribution in [0, 0.1) is 0 Å². The SMILES string of the molecule is COc1ccncc1C1CNC1.Cl. The second kappa shape index (κ2) is 4.44. The summed E-state index contributed by atoms with van der Waals surface area (Å²) in [5.41, 5.74) is 1.22. The summed E-state index contributed by atoms with van der Waals surface area (Å²) in [6.07, 6.45) is 3.65. The van der Waals surface area contributed by atoms with Crippen molar-refractivity contribution in [2.75, 3.05) is 20.2 Å². The molecule has 1 saturated heterocycles. The van der Waals surface area contributed by atoms with E-state index in [-0.39, 0.29) is 12.4 Å². The molecule has 0 aliphatic carbocycles. The van der Waals surface area contributed by atoms with Crippen molar-refractivity contribution in [3.63, 3.8) is 0 Å². The van der Waals surface area contributed by atoms with Crippen LogP contribution in [0.15, 0.2) is 18.5 Å². The van der Waals surface area contributed by atoms with Crippen molar-refractivity contribution >= 4 is 12.4 Å². The van der Waals surface area contributed by atoms with Gasteiger partial charge in [-0.2, -0.15) is 0 Å². The molecule has 0 aromatic carbocycles. The first-order chi connectivity index (χ1) is 5.92. The summed E-state index contributed by atoms with van der Waals surface area (Å²) in [5.74, 6) is 1.55. The van der Waals surface area contributed by atoms with Crippen LogP contribution in [0.3, 0.4) is 0 Å². The molecule has 0 atom stereocenters. The molecule has 0 unspecified atom stereocenters. The first kappa shape index (κ1) is 10.3. The van der Waals surface area contributed by atoms with Gasteiger partial charge in [0.2, 0.25) is 0 Å². The molecule has 1 aliphatic heterocycles. The highest BCUT2D eigenvalue weighted by Crippen LogP contribution is 2.27. The quantitative estimate of drug-likeness (QED) is 0.779. The zero-order valence-electron chi connectivity index (χ0n) is 7.49. The standard InChI is InChI=1S/C9H12N2O.ClH/c1-12-9-2-3-10-6-8(9)7-4-11-5-7;/h2-3,6-7,11H,4-5H2,1H3;1H. The molecular weight excluding hydrogens is 188 g/mol. The summed E-state index contributed by atoms with van der Waals surface area (Å²) in [4.78, 5) is 4.09. The minimum atomic E-state index is 0. The predicted octanol–water partition coefficient (Wildman–Crippen LogP) is 1.20. The van der Waals surface area contributed by atoms with E-state index >= 15 is 0 Å². The molecular formula is C9H13ClN2O. The van der Waals surface area contributed by atoms with E-state index in [1.54, 1.807) is 13.3 Å². The molecule has 0 amide bonds. The first-order valence-electron chi connectivity index (χ1n) is 4.10. The van der Waals surface area contributed by atoms with E-state index in [9.17, 15) is 0 Å². The van der Waals surface area contributed by atoms with Crippen LogP contribution in [0.5, 0.6) is 5.75 Å². The van der Waals surface area contributed by atoms with Crippen LogP contribution in [0.1, 0.15) is 11.5 Å². The van der Waals surface area contributed by atoms with Crippen molar-refractivity contribution in [1.29, 1.82) is 0 Å². The van der Waals surface area contributed by atoms with Gasteiger partial charge in [-0.3, -0.25) is 4.98 Å². The number of hydrogen-bond donors (Lipinski definition) is 1. The third kappa shape index (κ3) is 1.92. The zero-order valence-corrected chi connectivity index (χ0v) is 8.30. The van der Waals surface area contributed by atoms with Crippen LogP contribution < -0.4 is 10.1 Å². The van der Waals surface area contributed by atoms with E-state index in [0.29, 0.717) is 5.92 Å². The summed E-state index contributed by atoms with van der Waals surface area (Å²) in [7, 11) is 1.70. The zero-order chi connectivity index (χ0) is 8.39. The number of aromatic nitrogens is 1. The van der Waals surface area contributed by atoms with Gasteiger partial charge in [-0.15, -0.1) is 12.4 Å². The molecule has 1 aliphatic rings. The van der Waals surface area contributed by atoms with Gasteiger partial charge in [0.15, 0.2) is 0 Å². The Morgan fingerprint density at radius 2 is 2.31 bits per heavy atom. The van der Waals surface area contributed by atoms with Gasteiger partial charge in [0.25, 0.3) is 0 Å². The number of ether oxygens (including phenoxy) is 1. The Morgan fingerprint density at radius 1 is 1.54 bits per heavy atom. The van der Waals surface area contributed by atoms with E-state index in [1.807, 2.05) is 12.3 Å². The van der Waals surface area contributed by atoms with Gasteiger partial charge in [-0.05, 0) is 6.07 Å². The largest absolute Gasteiger partial charge is 0.496 e. The molecule has 0 radical (unpaired) electrons. The van der Waals surface area contributed by atoms with Gasteiger partial charge in [0.1, 0.15) is 5.75 Å². The molecule has 1 N–H and O–H groups in total. The van der Waals surface area contributed by atoms with E-state index in [1.165, 1.54) is 5.56 Å². The van der Waals surface area contributed by atoms with Crippen LogP contribution in [0.2, 0.25) is 0 Å². The average molecular weight is 201 g/mol. The van der Waals surface area contributed by atoms with Crippen LogP contribution in [-0.2, 0) is 0 Å². The number of methoxy groups -OCH3 is 1. The molecule has 4 heteroatoms. The van der Waals surface area contributed by atoms with Crippen molar-refractivity contribution in [1.82, 2.24) is 10.3 Å². The predicted molar refractivity (Wildman–Crippen MR) is 53.6 cm³/mol. The Kier molecular flexibility index (Phi) is 3.51. The van der Waals surface area contributed by atoms with Gasteiger partial charge >= 0.3 is 0 Å². The average Bonchev–Trinajstić information content (AvgIpc) is 2.02. The molecule has 2 heterocycles. The fourth-order valence-corrected chi connectivity index (χ4v) is 1.39. The van der Waals surface area contributed by atoms with E-state index in [4.69, 9.17) is 4.74 Å². The van der Waals surface area contributed by atoms with Crippen LogP contribution in [0.25, 0.3) is 0 Å². The lowest BCUT2D eigenvalue weighted by Gasteiger charge is -2.28. The Labute approximate surface area is 83.9 Å². The second-order valence-corrected chi connectivity index (χ2v) is 2.97. The molecule has 1 fully saturated rings. The Hall–Kier alpha value is -0.800. The highest BCUT2D eigenvalue weighted by atomic mass is 35.5. The number of nitrogens with one attached hydrogen (secondary N) is 1. The summed E-state index contributed by atoms with van der Waals surface area (Å²) in [6.45, 7) is 2.09. The van der Waals surface area contributed by atoms with Crippen molar-refractivity contribution in [2.24, 2.45) is 0 Å². The van der Waals surface area contributed by atoms with Crippen molar-refractivity contribution < 1.29 is 4.74 Å². The van der Waals surface area contributed by atoms with Crippen LogP contribution >= 0.6 is 12.4 Å². The van der Waals surface area contributed by atoms with Gasteiger partial charge < -0.3 is 10.1 Å². The van der Waals surface area contributed by atoms with Gasteiger partial charge in [0, 0.05) is 37.0 Å². The van der Waals surface area contributed by atoms with Crippen molar-refractivity contribution in [2.45, 2.75) is 5.92 Å². The molecule has 2 rings (SSSR count). The first-order valence-corrected chi connectivity index (χ1v) is 4.10. The van der Waals surface area contributed by atoms with Crippen molar-refractivity contribution in [3.05, 3.63) is 24.0 Å². The highest BCUT2D eigenvalue weighted by Gasteiger charge is 2.21. The monoisotopic (exact) mass is 200 g/mol. The van der Waals surface area contributed by atoms with E-state index < -0.39 is 0 Å². The third-order valence-corrected chi connectivity index (χ3v) is 2.25. The normalized spacial score (nSPS) is 15.8. The number of pyridine rings is 1. The fraction of sp³-hybridized carbons (Fsp3) is 0.444. The lowest BCUT2D eigenvalue weighted by atomic mass is 9.94. The van der Waals surface area contributed by atoms with E-state index in [2.05, 4.69) is 10.3 Å². The maximum absolute atomic E-state index is 5.23. The summed E-state index contributed by atoms with van der Waals surface area (Å²) in [6, 6.07) is 1.91. The topological polar surface area (TPSA) is 34.1 Å². The molecule has 72 valence electrons. The molecule has 1 aromatic rings. The Balaban J connectivity index is 0.000000845. The Morgan fingerprint density at radius 3 is 2.85 bits per heavy atom. The second-order valence-electron chi connectivity index (χ2n) is 2.97. The molecule has 1 aromatic heterocycles. The van der Waals surface area contributed by atoms with Gasteiger partial charge in [0.05, 0.1) is 7.11 Å². The maximum Gasteiger partial charge on any atom is 0.125 e. The summed E-state index contributed by atoms with van der Waals surface area (Å²) >= 11 is 0. The minimum Gasteiger partial charge on any atom is -0.496 e. The molecule has 13 heavy (non-hydrogen) atoms. The third-order valence-electron chi connectivity index (χ3n) is 2.25. The van der Waals surface area contributed by atoms with Gasteiger partial charge in [-0.1, -0.05) is 0 Å². The van der Waals surface area contributed by atoms with Crippen molar-refractivity contribution in [3.8, 4) is 5.75 Å². The minimum absolute atomic E-state index is 0. The van der Waals surface area contributed by atoms with Crippen LogP contribution in [-0.4, -0.2) is 25.2 Å².